The molecule has 90 valence electrons. The predicted octanol–water partition coefficient (Wildman–Crippen LogP) is 1.69. The summed E-state index contributed by atoms with van der Waals surface area (Å²) in [5, 5.41) is 3.98. The Hall–Kier alpha value is -1.91. The SMILES string of the molecule is COc1cc(C2=NNC(=O)C2(C)C)ccc1F. The number of carbonyl (C=O) groups is 1. The van der Waals surface area contributed by atoms with Gasteiger partial charge >= 0.3 is 0 Å². The highest BCUT2D eigenvalue weighted by Gasteiger charge is 2.39. The minimum absolute atomic E-state index is 0.139. The number of hydrogen-bond donors (Lipinski definition) is 1. The average Bonchev–Trinajstić information content (AvgIpc) is 2.55. The van der Waals surface area contributed by atoms with Crippen LogP contribution in [0.2, 0.25) is 0 Å². The van der Waals surface area contributed by atoms with Gasteiger partial charge in [0.05, 0.1) is 18.2 Å². The van der Waals surface area contributed by atoms with E-state index in [4.69, 9.17) is 4.74 Å². The molecule has 2 rings (SSSR count). The number of benzene rings is 1. The Morgan fingerprint density at radius 2 is 2.12 bits per heavy atom. The zero-order chi connectivity index (χ0) is 12.6. The third-order valence-corrected chi connectivity index (χ3v) is 2.85. The van der Waals surface area contributed by atoms with Gasteiger partial charge in [0.15, 0.2) is 11.6 Å². The van der Waals surface area contributed by atoms with Crippen LogP contribution in [0.3, 0.4) is 0 Å². The second-order valence-corrected chi connectivity index (χ2v) is 4.38. The van der Waals surface area contributed by atoms with Gasteiger partial charge in [0.25, 0.3) is 5.91 Å². The molecule has 4 nitrogen and oxygen atoms in total. The van der Waals surface area contributed by atoms with Crippen LogP contribution in [-0.4, -0.2) is 18.7 Å². The van der Waals surface area contributed by atoms with Gasteiger partial charge in [-0.1, -0.05) is 0 Å². The number of rotatable bonds is 2. The fourth-order valence-corrected chi connectivity index (χ4v) is 1.73. The molecule has 0 saturated carbocycles. The van der Waals surface area contributed by atoms with Crippen molar-refractivity contribution in [2.45, 2.75) is 13.8 Å². The van der Waals surface area contributed by atoms with Gasteiger partial charge in [-0.15, -0.1) is 0 Å². The van der Waals surface area contributed by atoms with Crippen LogP contribution in [0, 0.1) is 11.2 Å². The summed E-state index contributed by atoms with van der Waals surface area (Å²) in [7, 11) is 1.40. The van der Waals surface area contributed by atoms with Crippen molar-refractivity contribution in [3.8, 4) is 5.75 Å². The fraction of sp³-hybridized carbons (Fsp3) is 0.333. The van der Waals surface area contributed by atoms with Crippen LogP contribution >= 0.6 is 0 Å². The molecule has 1 heterocycles. The second-order valence-electron chi connectivity index (χ2n) is 4.38. The zero-order valence-corrected chi connectivity index (χ0v) is 9.87. The molecule has 0 unspecified atom stereocenters. The molecule has 0 aliphatic carbocycles. The summed E-state index contributed by atoms with van der Waals surface area (Å²) < 4.78 is 18.2. The molecule has 5 heteroatoms. The predicted molar refractivity (Wildman–Crippen MR) is 61.4 cm³/mol. The Morgan fingerprint density at radius 3 is 2.65 bits per heavy atom. The molecule has 0 aromatic heterocycles. The topological polar surface area (TPSA) is 50.7 Å². The lowest BCUT2D eigenvalue weighted by Crippen LogP contribution is -2.32. The van der Waals surface area contributed by atoms with Crippen LogP contribution in [0.25, 0.3) is 0 Å². The number of carbonyl (C=O) groups excluding carboxylic acids is 1. The molecule has 17 heavy (non-hydrogen) atoms. The Bertz CT molecular complexity index is 509. The Kier molecular flexibility index (Phi) is 2.61. The quantitative estimate of drug-likeness (QED) is 0.849. The largest absolute Gasteiger partial charge is 0.494 e. The van der Waals surface area contributed by atoms with Gasteiger partial charge in [-0.3, -0.25) is 4.79 Å². The number of hydrogen-bond acceptors (Lipinski definition) is 3. The molecule has 0 radical (unpaired) electrons. The number of halogens is 1. The lowest BCUT2D eigenvalue weighted by Gasteiger charge is -2.17. The molecule has 0 saturated heterocycles. The van der Waals surface area contributed by atoms with Crippen LogP contribution < -0.4 is 10.2 Å². The molecule has 1 aromatic carbocycles. The van der Waals surface area contributed by atoms with Crippen LogP contribution in [-0.2, 0) is 4.79 Å². The summed E-state index contributed by atoms with van der Waals surface area (Å²) in [5.74, 6) is -0.469. The highest BCUT2D eigenvalue weighted by atomic mass is 19.1. The monoisotopic (exact) mass is 236 g/mol. The number of methoxy groups -OCH3 is 1. The molecule has 0 atom stereocenters. The number of hydrazone groups is 1. The number of amides is 1. The lowest BCUT2D eigenvalue weighted by atomic mass is 9.84. The van der Waals surface area contributed by atoms with Crippen molar-refractivity contribution in [2.75, 3.05) is 7.11 Å². The fourth-order valence-electron chi connectivity index (χ4n) is 1.73. The molecule has 0 bridgehead atoms. The third kappa shape index (κ3) is 1.77. The van der Waals surface area contributed by atoms with Crippen molar-refractivity contribution in [3.63, 3.8) is 0 Å². The first kappa shape index (κ1) is 11.6. The second kappa shape index (κ2) is 3.84. The minimum atomic E-state index is -0.719. The van der Waals surface area contributed by atoms with Crippen molar-refractivity contribution in [1.29, 1.82) is 0 Å². The first-order valence-corrected chi connectivity index (χ1v) is 5.19. The summed E-state index contributed by atoms with van der Waals surface area (Å²) in [6.45, 7) is 3.54. The smallest absolute Gasteiger partial charge is 0.251 e. The molecular formula is C12H13FN2O2. The molecule has 1 aromatic rings. The summed E-state index contributed by atoms with van der Waals surface area (Å²) in [4.78, 5) is 11.6. The van der Waals surface area contributed by atoms with E-state index < -0.39 is 11.2 Å². The van der Waals surface area contributed by atoms with E-state index in [2.05, 4.69) is 10.5 Å². The minimum Gasteiger partial charge on any atom is -0.494 e. The van der Waals surface area contributed by atoms with Crippen LogP contribution in [0.5, 0.6) is 5.75 Å². The van der Waals surface area contributed by atoms with Gasteiger partial charge in [-0.2, -0.15) is 5.10 Å². The van der Waals surface area contributed by atoms with Gasteiger partial charge in [0.2, 0.25) is 0 Å². The molecule has 1 amide bonds. The third-order valence-electron chi connectivity index (χ3n) is 2.85. The van der Waals surface area contributed by atoms with E-state index in [0.29, 0.717) is 11.3 Å². The number of nitrogens with one attached hydrogen (secondary N) is 1. The van der Waals surface area contributed by atoms with Gasteiger partial charge < -0.3 is 4.74 Å². The van der Waals surface area contributed by atoms with Gasteiger partial charge in [0.1, 0.15) is 0 Å². The van der Waals surface area contributed by atoms with Crippen molar-refractivity contribution < 1.29 is 13.9 Å². The van der Waals surface area contributed by atoms with E-state index in [1.807, 2.05) is 0 Å². The van der Waals surface area contributed by atoms with E-state index in [1.165, 1.54) is 19.2 Å². The maximum absolute atomic E-state index is 13.3. The van der Waals surface area contributed by atoms with Gasteiger partial charge in [-0.25, -0.2) is 9.82 Å². The maximum atomic E-state index is 13.3. The van der Waals surface area contributed by atoms with Gasteiger partial charge in [-0.05, 0) is 32.0 Å². The molecule has 1 aliphatic rings. The van der Waals surface area contributed by atoms with Crippen molar-refractivity contribution in [1.82, 2.24) is 5.43 Å². The Morgan fingerprint density at radius 1 is 1.41 bits per heavy atom. The normalized spacial score (nSPS) is 17.6. The standard InChI is InChI=1S/C12H13FN2O2/c1-12(2)10(14-15-11(12)16)7-4-5-8(13)9(6-7)17-3/h4-6H,1-3H3,(H,15,16). The summed E-state index contributed by atoms with van der Waals surface area (Å²) >= 11 is 0. The Labute approximate surface area is 98.5 Å². The number of nitrogens with zero attached hydrogens (tertiary/aromatic N) is 1. The van der Waals surface area contributed by atoms with E-state index in [9.17, 15) is 9.18 Å². The van der Waals surface area contributed by atoms with Crippen LogP contribution in [0.4, 0.5) is 4.39 Å². The highest BCUT2D eigenvalue weighted by Crippen LogP contribution is 2.29. The molecule has 0 spiro atoms. The molecule has 1 N–H and O–H groups in total. The molecular weight excluding hydrogens is 223 g/mol. The first-order valence-electron chi connectivity index (χ1n) is 5.19. The Balaban J connectivity index is 2.46. The van der Waals surface area contributed by atoms with E-state index in [0.717, 1.165) is 0 Å². The average molecular weight is 236 g/mol. The van der Waals surface area contributed by atoms with Crippen LogP contribution in [0.15, 0.2) is 23.3 Å². The number of ether oxygens (including phenoxy) is 1. The van der Waals surface area contributed by atoms with Crippen molar-refractivity contribution in [2.24, 2.45) is 10.5 Å². The lowest BCUT2D eigenvalue weighted by molar-refractivity contribution is -0.125. The highest BCUT2D eigenvalue weighted by molar-refractivity contribution is 6.19. The van der Waals surface area contributed by atoms with Crippen molar-refractivity contribution >= 4 is 11.6 Å². The maximum Gasteiger partial charge on any atom is 0.251 e. The summed E-state index contributed by atoms with van der Waals surface area (Å²) in [5.41, 5.74) is 2.96. The summed E-state index contributed by atoms with van der Waals surface area (Å²) in [6.07, 6.45) is 0. The van der Waals surface area contributed by atoms with E-state index in [1.54, 1.807) is 19.9 Å². The molecule has 1 aliphatic heterocycles. The molecule has 0 fully saturated rings. The summed E-state index contributed by atoms with van der Waals surface area (Å²) in [6, 6.07) is 4.42. The van der Waals surface area contributed by atoms with Crippen LogP contribution in [0.1, 0.15) is 19.4 Å². The van der Waals surface area contributed by atoms with E-state index in [-0.39, 0.29) is 11.7 Å². The first-order chi connectivity index (χ1) is 7.96. The van der Waals surface area contributed by atoms with Crippen molar-refractivity contribution in [3.05, 3.63) is 29.6 Å². The van der Waals surface area contributed by atoms with E-state index >= 15 is 0 Å². The zero-order valence-electron chi connectivity index (χ0n) is 9.87. The van der Waals surface area contributed by atoms with Gasteiger partial charge in [0, 0.05) is 5.56 Å².